The van der Waals surface area contributed by atoms with Crippen molar-refractivity contribution < 1.29 is 28.8 Å². The van der Waals surface area contributed by atoms with Gasteiger partial charge in [0.05, 0.1) is 16.8 Å². The van der Waals surface area contributed by atoms with Crippen LogP contribution in [-0.2, 0) is 40.2 Å². The van der Waals surface area contributed by atoms with Crippen molar-refractivity contribution in [3.05, 3.63) is 148 Å². The predicted octanol–water partition coefficient (Wildman–Crippen LogP) is 6.88. The van der Waals surface area contributed by atoms with Gasteiger partial charge in [0.25, 0.3) is 11.8 Å². The molecule has 0 aliphatic carbocycles. The van der Waals surface area contributed by atoms with Gasteiger partial charge in [-0.2, -0.15) is 0 Å². The zero-order valence-electron chi connectivity index (χ0n) is 37.0. The lowest BCUT2D eigenvalue weighted by Gasteiger charge is -2.35. The maximum absolute atomic E-state index is 13.4. The van der Waals surface area contributed by atoms with Crippen LogP contribution in [-0.4, -0.2) is 97.2 Å². The number of carbonyl (C=O) groups is 6. The maximum Gasteiger partial charge on any atom is 0.262 e. The summed E-state index contributed by atoms with van der Waals surface area (Å²) in [6.45, 7) is 5.86. The Morgan fingerprint density at radius 2 is 1.54 bits per heavy atom. The van der Waals surface area contributed by atoms with Gasteiger partial charge in [-0.15, -0.1) is 0 Å². The van der Waals surface area contributed by atoms with Gasteiger partial charge in [-0.05, 0) is 84.7 Å². The van der Waals surface area contributed by atoms with E-state index < -0.39 is 29.7 Å². The van der Waals surface area contributed by atoms with Crippen molar-refractivity contribution in [2.24, 2.45) is 0 Å². The average Bonchev–Trinajstić information content (AvgIpc) is 3.57. The Morgan fingerprint density at radius 1 is 0.769 bits per heavy atom. The van der Waals surface area contributed by atoms with Crippen LogP contribution >= 0.6 is 0 Å². The summed E-state index contributed by atoms with van der Waals surface area (Å²) in [7, 11) is 0. The number of pyridine rings is 1. The molecule has 1 atom stereocenters. The Labute approximate surface area is 379 Å². The van der Waals surface area contributed by atoms with E-state index in [1.807, 2.05) is 59.5 Å². The van der Waals surface area contributed by atoms with Gasteiger partial charge < -0.3 is 4.90 Å². The SMILES string of the molecule is Cc1ccc(CC(=O)c2ccc(CN3CCN(C(=O)CCCCCCCCc4cccc5c4C(=O)N(C4CCC(=O)NC4=O)C5=O)CC3)cc2)cc1Cc1nccc(-c2cccnc2)n1. The molecule has 5 amide bonds. The van der Waals surface area contributed by atoms with Crippen LogP contribution in [0.3, 0.4) is 0 Å². The Kier molecular flexibility index (Phi) is 14.4. The van der Waals surface area contributed by atoms with Gasteiger partial charge in [0, 0.05) is 88.1 Å². The minimum atomic E-state index is -0.969. The third-order valence-corrected chi connectivity index (χ3v) is 12.8. The van der Waals surface area contributed by atoms with Gasteiger partial charge in [0.1, 0.15) is 11.9 Å². The maximum atomic E-state index is 13.4. The first-order valence-electron chi connectivity index (χ1n) is 22.9. The number of piperazine rings is 1. The van der Waals surface area contributed by atoms with Gasteiger partial charge in [-0.1, -0.05) is 80.3 Å². The van der Waals surface area contributed by atoms with Gasteiger partial charge >= 0.3 is 0 Å². The van der Waals surface area contributed by atoms with E-state index in [2.05, 4.69) is 39.2 Å². The molecule has 65 heavy (non-hydrogen) atoms. The predicted molar refractivity (Wildman–Crippen MR) is 245 cm³/mol. The van der Waals surface area contributed by atoms with E-state index in [9.17, 15) is 28.8 Å². The lowest BCUT2D eigenvalue weighted by molar-refractivity contribution is -0.136. The van der Waals surface area contributed by atoms with E-state index >= 15 is 0 Å². The molecule has 0 bridgehead atoms. The number of rotatable bonds is 18. The van der Waals surface area contributed by atoms with Crippen LogP contribution in [0, 0.1) is 6.92 Å². The van der Waals surface area contributed by atoms with Crippen LogP contribution in [0.1, 0.15) is 123 Å². The van der Waals surface area contributed by atoms with Crippen LogP contribution in [0.5, 0.6) is 0 Å². The van der Waals surface area contributed by atoms with E-state index in [1.165, 1.54) is 0 Å². The first-order valence-corrected chi connectivity index (χ1v) is 22.9. The quantitative estimate of drug-likeness (QED) is 0.0558. The molecule has 3 aromatic carbocycles. The van der Waals surface area contributed by atoms with Crippen LogP contribution in [0.25, 0.3) is 11.3 Å². The molecule has 1 unspecified atom stereocenters. The van der Waals surface area contributed by atoms with E-state index in [0.29, 0.717) is 55.5 Å². The van der Waals surface area contributed by atoms with Crippen molar-refractivity contribution in [3.8, 4) is 11.3 Å². The number of aryl methyl sites for hydroxylation is 2. The Balaban J connectivity index is 0.710. The largest absolute Gasteiger partial charge is 0.340 e. The number of carbonyl (C=O) groups excluding carboxylic acids is 6. The number of Topliss-reactive ketones (excluding diaryl/α,β-unsaturated/α-hetero) is 1. The molecule has 0 radical (unpaired) electrons. The van der Waals surface area contributed by atoms with Crippen LogP contribution in [0.2, 0.25) is 0 Å². The highest BCUT2D eigenvalue weighted by Gasteiger charge is 2.45. The monoisotopic (exact) mass is 873 g/mol. The molecule has 334 valence electrons. The molecule has 5 aromatic rings. The number of piperidine rings is 1. The van der Waals surface area contributed by atoms with Crippen molar-refractivity contribution in [2.45, 2.75) is 96.6 Å². The molecule has 0 spiro atoms. The lowest BCUT2D eigenvalue weighted by atomic mass is 9.97. The number of nitrogens with zero attached hydrogens (tertiary/aromatic N) is 6. The van der Waals surface area contributed by atoms with E-state index in [1.54, 1.807) is 30.7 Å². The smallest absolute Gasteiger partial charge is 0.262 e. The third kappa shape index (κ3) is 11.0. The highest BCUT2D eigenvalue weighted by atomic mass is 16.2. The second kappa shape index (κ2) is 20.8. The Hall–Kier alpha value is -6.73. The number of nitrogens with one attached hydrogen (secondary N) is 1. The lowest BCUT2D eigenvalue weighted by Crippen LogP contribution is -2.54. The summed E-state index contributed by atoms with van der Waals surface area (Å²) in [5.74, 6) is -0.942. The van der Waals surface area contributed by atoms with Crippen LogP contribution in [0.15, 0.2) is 97.5 Å². The molecule has 5 heterocycles. The second-order valence-corrected chi connectivity index (χ2v) is 17.4. The standard InChI is InChI=1S/C52H55N7O6/c1-35-15-16-37(30-41(35)32-46-54-25-23-43(55-46)40-12-9-24-53-33-40)31-45(60)38-19-17-36(18-20-38)34-57-26-28-58(29-27-57)48(62)14-7-5-3-2-4-6-10-39-11-8-13-42-49(39)52(65)59(51(42)64)44-21-22-47(61)56-50(44)63/h8-9,11-13,15-20,23-25,30,33,44H,2-7,10,14,21-22,26-29,31-32,34H2,1H3,(H,56,61,63). The molecule has 2 fully saturated rings. The molecule has 0 saturated carbocycles. The number of benzene rings is 3. The molecular weight excluding hydrogens is 819 g/mol. The zero-order valence-corrected chi connectivity index (χ0v) is 37.0. The molecular formula is C52H55N7O6. The summed E-state index contributed by atoms with van der Waals surface area (Å²) in [4.78, 5) is 95.8. The second-order valence-electron chi connectivity index (χ2n) is 17.4. The fraction of sp³-hybridized carbons (Fsp3) is 0.365. The van der Waals surface area contributed by atoms with E-state index in [-0.39, 0.29) is 24.5 Å². The molecule has 3 aliphatic heterocycles. The first-order chi connectivity index (χ1) is 31.6. The molecule has 8 rings (SSSR count). The van der Waals surface area contributed by atoms with Crippen molar-refractivity contribution >= 4 is 35.3 Å². The molecule has 13 heteroatoms. The molecule has 2 aromatic heterocycles. The molecule has 2 saturated heterocycles. The number of amides is 5. The summed E-state index contributed by atoms with van der Waals surface area (Å²) < 4.78 is 0. The zero-order chi connectivity index (χ0) is 45.3. The number of ketones is 1. The van der Waals surface area contributed by atoms with Gasteiger partial charge in [0.2, 0.25) is 17.7 Å². The van der Waals surface area contributed by atoms with E-state index in [4.69, 9.17) is 4.98 Å². The Morgan fingerprint density at radius 3 is 2.31 bits per heavy atom. The summed E-state index contributed by atoms with van der Waals surface area (Å²) in [6, 6.07) is 24.1. The number of hydrogen-bond donors (Lipinski definition) is 1. The number of fused-ring (bicyclic) bond motifs is 1. The first kappa shape index (κ1) is 44.9. The highest BCUT2D eigenvalue weighted by Crippen LogP contribution is 2.31. The van der Waals surface area contributed by atoms with E-state index in [0.717, 1.165) is 108 Å². The molecule has 13 nitrogen and oxygen atoms in total. The summed E-state index contributed by atoms with van der Waals surface area (Å²) in [5, 5.41) is 2.24. The fourth-order valence-corrected chi connectivity index (χ4v) is 9.10. The van der Waals surface area contributed by atoms with Crippen molar-refractivity contribution in [2.75, 3.05) is 26.2 Å². The van der Waals surface area contributed by atoms with Crippen molar-refractivity contribution in [1.29, 1.82) is 0 Å². The number of hydrogen-bond acceptors (Lipinski definition) is 10. The van der Waals surface area contributed by atoms with Crippen LogP contribution < -0.4 is 5.32 Å². The van der Waals surface area contributed by atoms with Gasteiger partial charge in [0.15, 0.2) is 5.78 Å². The molecule has 1 N–H and O–H groups in total. The van der Waals surface area contributed by atoms with Crippen molar-refractivity contribution in [1.82, 2.24) is 35.0 Å². The fourth-order valence-electron chi connectivity index (χ4n) is 9.10. The van der Waals surface area contributed by atoms with Crippen LogP contribution in [0.4, 0.5) is 0 Å². The third-order valence-electron chi connectivity index (χ3n) is 12.8. The normalized spacial score (nSPS) is 16.5. The van der Waals surface area contributed by atoms with Gasteiger partial charge in [-0.3, -0.25) is 48.9 Å². The molecule has 3 aliphatic rings. The summed E-state index contributed by atoms with van der Waals surface area (Å²) >= 11 is 0. The highest BCUT2D eigenvalue weighted by molar-refractivity contribution is 6.24. The van der Waals surface area contributed by atoms with Crippen molar-refractivity contribution in [3.63, 3.8) is 0 Å². The average molecular weight is 874 g/mol. The number of unbranched alkanes of at least 4 members (excludes halogenated alkanes) is 5. The number of imide groups is 2. The minimum Gasteiger partial charge on any atom is -0.340 e. The topological polar surface area (TPSA) is 163 Å². The van der Waals surface area contributed by atoms with Gasteiger partial charge in [-0.25, -0.2) is 9.97 Å². The summed E-state index contributed by atoms with van der Waals surface area (Å²) in [6.07, 6.45) is 13.3. The Bertz CT molecular complexity index is 2570. The minimum absolute atomic E-state index is 0.0698. The number of aromatic nitrogens is 3. The summed E-state index contributed by atoms with van der Waals surface area (Å²) in [5.41, 5.74) is 8.28.